The van der Waals surface area contributed by atoms with E-state index in [1.165, 1.54) is 31.7 Å². The lowest BCUT2D eigenvalue weighted by Gasteiger charge is -2.15. The van der Waals surface area contributed by atoms with Crippen LogP contribution in [0.25, 0.3) is 0 Å². The van der Waals surface area contributed by atoms with Crippen molar-refractivity contribution < 1.29 is 17.6 Å². The van der Waals surface area contributed by atoms with Crippen molar-refractivity contribution in [1.29, 1.82) is 0 Å². The topological polar surface area (TPSA) is 37.0 Å². The minimum absolute atomic E-state index is 0.181. The summed E-state index contributed by atoms with van der Waals surface area (Å²) >= 11 is 0. The zero-order valence-corrected chi connectivity index (χ0v) is 16.2. The third-order valence-electron chi connectivity index (χ3n) is 5.76. The Kier molecular flexibility index (Phi) is 5.76. The number of alkyl halides is 3. The third-order valence-corrected chi connectivity index (χ3v) is 5.76. The highest BCUT2D eigenvalue weighted by molar-refractivity contribution is 5.62. The van der Waals surface area contributed by atoms with Crippen molar-refractivity contribution in [1.82, 2.24) is 10.3 Å². The van der Waals surface area contributed by atoms with Crippen molar-refractivity contribution in [2.24, 2.45) is 5.92 Å². The van der Waals surface area contributed by atoms with Gasteiger partial charge in [-0.2, -0.15) is 13.2 Å². The Morgan fingerprint density at radius 3 is 2.48 bits per heavy atom. The standard InChI is InChI=1S/C22H25F4N3/c23-20-8-7-17(10-19(20)22(24,25)26)29-21-18(16-5-6-16)9-15(13-28-21)12-27-11-14-3-1-2-4-14/h7-10,13-14,16,27H,1-6,11-12H2,(H,28,29). The first-order chi connectivity index (χ1) is 13.9. The molecule has 1 aromatic carbocycles. The number of anilines is 2. The lowest BCUT2D eigenvalue weighted by Crippen LogP contribution is -2.21. The number of nitrogens with zero attached hydrogens (tertiary/aromatic N) is 1. The van der Waals surface area contributed by atoms with Gasteiger partial charge in [-0.25, -0.2) is 9.37 Å². The van der Waals surface area contributed by atoms with Crippen LogP contribution in [0.15, 0.2) is 30.5 Å². The van der Waals surface area contributed by atoms with E-state index >= 15 is 0 Å². The van der Waals surface area contributed by atoms with Crippen molar-refractivity contribution in [2.75, 3.05) is 11.9 Å². The molecule has 0 amide bonds. The minimum atomic E-state index is -4.73. The highest BCUT2D eigenvalue weighted by Crippen LogP contribution is 2.44. The van der Waals surface area contributed by atoms with Crippen LogP contribution in [0, 0.1) is 11.7 Å². The van der Waals surface area contributed by atoms with E-state index in [9.17, 15) is 17.6 Å². The van der Waals surface area contributed by atoms with Gasteiger partial charge >= 0.3 is 6.18 Å². The quantitative estimate of drug-likeness (QED) is 0.541. The van der Waals surface area contributed by atoms with Gasteiger partial charge in [0.15, 0.2) is 0 Å². The molecule has 2 aliphatic carbocycles. The molecular formula is C22H25F4N3. The van der Waals surface area contributed by atoms with Gasteiger partial charge in [0.05, 0.1) is 5.56 Å². The van der Waals surface area contributed by atoms with Gasteiger partial charge < -0.3 is 10.6 Å². The summed E-state index contributed by atoms with van der Waals surface area (Å²) in [6.45, 7) is 1.74. The van der Waals surface area contributed by atoms with Gasteiger partial charge in [-0.15, -0.1) is 0 Å². The van der Waals surface area contributed by atoms with E-state index in [2.05, 4.69) is 21.7 Å². The van der Waals surface area contributed by atoms with Crippen molar-refractivity contribution in [3.05, 3.63) is 53.0 Å². The normalized spacial score (nSPS) is 17.7. The van der Waals surface area contributed by atoms with E-state index < -0.39 is 17.6 Å². The molecule has 7 heteroatoms. The number of benzene rings is 1. The van der Waals surface area contributed by atoms with Gasteiger partial charge in [0.1, 0.15) is 11.6 Å². The molecule has 2 aromatic rings. The van der Waals surface area contributed by atoms with Gasteiger partial charge in [-0.05, 0) is 79.5 Å². The minimum Gasteiger partial charge on any atom is -0.340 e. The average Bonchev–Trinajstić information content (AvgIpc) is 3.39. The van der Waals surface area contributed by atoms with E-state index in [0.717, 1.165) is 55.1 Å². The number of pyridine rings is 1. The maximum absolute atomic E-state index is 13.5. The van der Waals surface area contributed by atoms with Crippen molar-refractivity contribution in [3.8, 4) is 0 Å². The number of aromatic nitrogens is 1. The molecule has 0 spiro atoms. The molecule has 0 radical (unpaired) electrons. The molecule has 4 rings (SSSR count). The molecule has 3 nitrogen and oxygen atoms in total. The van der Waals surface area contributed by atoms with Gasteiger partial charge in [-0.1, -0.05) is 12.8 Å². The fraction of sp³-hybridized carbons (Fsp3) is 0.500. The summed E-state index contributed by atoms with van der Waals surface area (Å²) in [4.78, 5) is 4.47. The molecule has 2 fully saturated rings. The highest BCUT2D eigenvalue weighted by Gasteiger charge is 2.34. The average molecular weight is 407 g/mol. The molecule has 1 heterocycles. The summed E-state index contributed by atoms with van der Waals surface area (Å²) in [6, 6.07) is 5.02. The monoisotopic (exact) mass is 407 g/mol. The van der Waals surface area contributed by atoms with Crippen LogP contribution < -0.4 is 10.6 Å². The van der Waals surface area contributed by atoms with Crippen molar-refractivity contribution >= 4 is 11.5 Å². The zero-order chi connectivity index (χ0) is 20.4. The molecule has 29 heavy (non-hydrogen) atoms. The van der Waals surface area contributed by atoms with Crippen LogP contribution in [0.5, 0.6) is 0 Å². The lowest BCUT2D eigenvalue weighted by molar-refractivity contribution is -0.139. The number of halogens is 4. The summed E-state index contributed by atoms with van der Waals surface area (Å²) < 4.78 is 52.5. The molecule has 0 bridgehead atoms. The second kappa shape index (κ2) is 8.30. The largest absolute Gasteiger partial charge is 0.419 e. The molecule has 1 aromatic heterocycles. The van der Waals surface area contributed by atoms with E-state index in [1.807, 2.05) is 0 Å². The van der Waals surface area contributed by atoms with E-state index in [4.69, 9.17) is 0 Å². The van der Waals surface area contributed by atoms with E-state index in [0.29, 0.717) is 11.7 Å². The molecule has 2 aliphatic rings. The van der Waals surface area contributed by atoms with Gasteiger partial charge in [-0.3, -0.25) is 0 Å². The van der Waals surface area contributed by atoms with Crippen LogP contribution >= 0.6 is 0 Å². The Morgan fingerprint density at radius 2 is 1.79 bits per heavy atom. The molecular weight excluding hydrogens is 382 g/mol. The Balaban J connectivity index is 1.47. The maximum Gasteiger partial charge on any atom is 0.419 e. The fourth-order valence-corrected chi connectivity index (χ4v) is 4.03. The predicted molar refractivity (Wildman–Crippen MR) is 105 cm³/mol. The van der Waals surface area contributed by atoms with Crippen LogP contribution in [-0.2, 0) is 12.7 Å². The molecule has 2 N–H and O–H groups in total. The van der Waals surface area contributed by atoms with Crippen LogP contribution in [-0.4, -0.2) is 11.5 Å². The number of rotatable bonds is 7. The summed E-state index contributed by atoms with van der Waals surface area (Å²) in [5.41, 5.74) is 0.997. The maximum atomic E-state index is 13.5. The van der Waals surface area contributed by atoms with E-state index in [-0.39, 0.29) is 5.69 Å². The van der Waals surface area contributed by atoms with Crippen LogP contribution in [0.2, 0.25) is 0 Å². The summed E-state index contributed by atoms with van der Waals surface area (Å²) in [7, 11) is 0. The second-order valence-corrected chi connectivity index (χ2v) is 8.15. The van der Waals surface area contributed by atoms with E-state index in [1.54, 1.807) is 6.20 Å². The molecule has 0 aliphatic heterocycles. The Morgan fingerprint density at radius 1 is 1.03 bits per heavy atom. The van der Waals surface area contributed by atoms with Gasteiger partial charge in [0.25, 0.3) is 0 Å². The van der Waals surface area contributed by atoms with Gasteiger partial charge in [0.2, 0.25) is 0 Å². The summed E-state index contributed by atoms with van der Waals surface area (Å²) in [5, 5.41) is 6.47. The van der Waals surface area contributed by atoms with Crippen LogP contribution in [0.3, 0.4) is 0 Å². The fourth-order valence-electron chi connectivity index (χ4n) is 4.03. The second-order valence-electron chi connectivity index (χ2n) is 8.15. The Labute approximate surface area is 167 Å². The molecule has 0 atom stereocenters. The first kappa shape index (κ1) is 20.1. The Hall–Kier alpha value is -2.15. The summed E-state index contributed by atoms with van der Waals surface area (Å²) in [5.74, 6) is 0.407. The predicted octanol–water partition coefficient (Wildman–Crippen LogP) is 6.14. The number of nitrogens with one attached hydrogen (secondary N) is 2. The SMILES string of the molecule is Fc1ccc(Nc2ncc(CNCC3CCCC3)cc2C2CC2)cc1C(F)(F)F. The zero-order valence-electron chi connectivity index (χ0n) is 16.2. The third kappa shape index (κ3) is 5.07. The summed E-state index contributed by atoms with van der Waals surface area (Å²) in [6.07, 6.45) is 4.34. The smallest absolute Gasteiger partial charge is 0.340 e. The molecule has 2 saturated carbocycles. The Bertz CT molecular complexity index is 856. The first-order valence-corrected chi connectivity index (χ1v) is 10.2. The lowest BCUT2D eigenvalue weighted by atomic mass is 10.1. The molecule has 0 unspecified atom stereocenters. The van der Waals surface area contributed by atoms with Crippen molar-refractivity contribution in [3.63, 3.8) is 0 Å². The number of hydrogen-bond donors (Lipinski definition) is 2. The number of hydrogen-bond acceptors (Lipinski definition) is 3. The first-order valence-electron chi connectivity index (χ1n) is 10.2. The molecule has 0 saturated heterocycles. The molecule has 156 valence electrons. The van der Waals surface area contributed by atoms with Crippen molar-refractivity contribution in [2.45, 2.75) is 57.2 Å². The van der Waals surface area contributed by atoms with Crippen LogP contribution in [0.4, 0.5) is 29.1 Å². The van der Waals surface area contributed by atoms with Gasteiger partial charge in [0, 0.05) is 18.4 Å². The van der Waals surface area contributed by atoms with Crippen LogP contribution in [0.1, 0.15) is 61.1 Å². The highest BCUT2D eigenvalue weighted by atomic mass is 19.4.